The number of halogens is 2. The maximum Gasteiger partial charge on any atom is 0.265 e. The molecular formula is C17H13Br2N3O3. The number of nitrogens with zero attached hydrogens (tertiary/aromatic N) is 1. The maximum atomic E-state index is 12.5. The zero-order valence-corrected chi connectivity index (χ0v) is 16.0. The van der Waals surface area contributed by atoms with Crippen LogP contribution in [0.1, 0.15) is 16.8 Å². The quantitative estimate of drug-likeness (QED) is 0.536. The van der Waals surface area contributed by atoms with Crippen molar-refractivity contribution in [1.29, 1.82) is 0 Å². The summed E-state index contributed by atoms with van der Waals surface area (Å²) in [5.41, 5.74) is 6.07. The molecule has 3 amide bonds. The van der Waals surface area contributed by atoms with Crippen LogP contribution in [0.3, 0.4) is 0 Å². The first-order chi connectivity index (χ1) is 12.0. The third-order valence-electron chi connectivity index (χ3n) is 3.68. The first-order valence-corrected chi connectivity index (χ1v) is 8.98. The van der Waals surface area contributed by atoms with Gasteiger partial charge in [0.2, 0.25) is 5.91 Å². The number of hydrogen-bond acceptors (Lipinski definition) is 4. The zero-order chi connectivity index (χ0) is 18.0. The SMILES string of the molecule is O=C(NN[C@H]1CC(=O)N(c2ccc(Br)cc2)C1=O)c1cccc(Br)c1. The maximum absolute atomic E-state index is 12.5. The van der Waals surface area contributed by atoms with Gasteiger partial charge in [0.05, 0.1) is 12.1 Å². The van der Waals surface area contributed by atoms with Gasteiger partial charge in [-0.2, -0.15) is 0 Å². The van der Waals surface area contributed by atoms with E-state index in [1.165, 1.54) is 0 Å². The van der Waals surface area contributed by atoms with E-state index in [0.717, 1.165) is 13.8 Å². The van der Waals surface area contributed by atoms with Crippen molar-refractivity contribution in [2.75, 3.05) is 4.90 Å². The molecule has 1 heterocycles. The molecule has 1 atom stereocenters. The van der Waals surface area contributed by atoms with E-state index in [1.807, 2.05) is 0 Å². The summed E-state index contributed by atoms with van der Waals surface area (Å²) < 4.78 is 1.62. The highest BCUT2D eigenvalue weighted by Crippen LogP contribution is 2.24. The molecule has 6 nitrogen and oxygen atoms in total. The van der Waals surface area contributed by atoms with E-state index in [0.29, 0.717) is 11.3 Å². The largest absolute Gasteiger partial charge is 0.287 e. The van der Waals surface area contributed by atoms with Gasteiger partial charge in [0, 0.05) is 14.5 Å². The van der Waals surface area contributed by atoms with Crippen LogP contribution in [0.15, 0.2) is 57.5 Å². The number of hydrazine groups is 1. The molecule has 8 heteroatoms. The molecule has 128 valence electrons. The minimum atomic E-state index is -0.799. The number of imide groups is 1. The Hall–Kier alpha value is -2.03. The molecule has 2 aromatic carbocycles. The first kappa shape index (κ1) is 17.8. The number of anilines is 1. The van der Waals surface area contributed by atoms with Crippen molar-refractivity contribution in [3.05, 3.63) is 63.0 Å². The summed E-state index contributed by atoms with van der Waals surface area (Å²) in [5, 5.41) is 0. The number of benzene rings is 2. The van der Waals surface area contributed by atoms with Crippen molar-refractivity contribution in [3.8, 4) is 0 Å². The number of carbonyl (C=O) groups excluding carboxylic acids is 3. The lowest BCUT2D eigenvalue weighted by molar-refractivity contribution is -0.121. The van der Waals surface area contributed by atoms with E-state index in [4.69, 9.17) is 0 Å². The fraction of sp³-hybridized carbons (Fsp3) is 0.118. The van der Waals surface area contributed by atoms with Gasteiger partial charge in [-0.15, -0.1) is 0 Å². The lowest BCUT2D eigenvalue weighted by Gasteiger charge is -2.16. The van der Waals surface area contributed by atoms with Crippen LogP contribution < -0.4 is 15.8 Å². The molecule has 0 unspecified atom stereocenters. The summed E-state index contributed by atoms with van der Waals surface area (Å²) >= 11 is 6.61. The molecule has 1 aliphatic heterocycles. The van der Waals surface area contributed by atoms with Gasteiger partial charge in [-0.3, -0.25) is 19.8 Å². The number of nitrogens with one attached hydrogen (secondary N) is 2. The van der Waals surface area contributed by atoms with Gasteiger partial charge in [0.25, 0.3) is 11.8 Å². The molecule has 2 aromatic rings. The molecular weight excluding hydrogens is 454 g/mol. The Labute approximate surface area is 160 Å². The summed E-state index contributed by atoms with van der Waals surface area (Å²) in [4.78, 5) is 37.9. The Balaban J connectivity index is 1.66. The highest BCUT2D eigenvalue weighted by Gasteiger charge is 2.39. The minimum absolute atomic E-state index is 0.0202. The van der Waals surface area contributed by atoms with Gasteiger partial charge in [-0.25, -0.2) is 10.3 Å². The van der Waals surface area contributed by atoms with Gasteiger partial charge in [0.1, 0.15) is 6.04 Å². The van der Waals surface area contributed by atoms with Gasteiger partial charge in [-0.05, 0) is 42.5 Å². The van der Waals surface area contributed by atoms with E-state index in [2.05, 4.69) is 42.7 Å². The van der Waals surface area contributed by atoms with E-state index >= 15 is 0 Å². The van der Waals surface area contributed by atoms with Gasteiger partial charge >= 0.3 is 0 Å². The zero-order valence-electron chi connectivity index (χ0n) is 12.8. The van der Waals surface area contributed by atoms with Crippen molar-refractivity contribution >= 4 is 55.3 Å². The summed E-state index contributed by atoms with van der Waals surface area (Å²) in [6.07, 6.45) is -0.0202. The summed E-state index contributed by atoms with van der Waals surface area (Å²) in [6.45, 7) is 0. The van der Waals surface area contributed by atoms with Gasteiger partial charge in [-0.1, -0.05) is 37.9 Å². The molecule has 0 aliphatic carbocycles. The molecule has 2 N–H and O–H groups in total. The van der Waals surface area contributed by atoms with Crippen LogP contribution >= 0.6 is 31.9 Å². The van der Waals surface area contributed by atoms with Crippen LogP contribution in [0, 0.1) is 0 Å². The molecule has 1 aliphatic rings. The fourth-order valence-electron chi connectivity index (χ4n) is 2.46. The van der Waals surface area contributed by atoms with Gasteiger partial charge in [0.15, 0.2) is 0 Å². The van der Waals surface area contributed by atoms with Crippen LogP contribution in [0.25, 0.3) is 0 Å². The van der Waals surface area contributed by atoms with Crippen LogP contribution in [0.4, 0.5) is 5.69 Å². The number of rotatable bonds is 4. The Bertz CT molecular complexity index is 839. The van der Waals surface area contributed by atoms with Crippen molar-refractivity contribution in [2.45, 2.75) is 12.5 Å². The Morgan fingerprint density at radius 3 is 2.44 bits per heavy atom. The minimum Gasteiger partial charge on any atom is -0.287 e. The Morgan fingerprint density at radius 2 is 1.76 bits per heavy atom. The normalized spacial score (nSPS) is 17.0. The van der Waals surface area contributed by atoms with Crippen molar-refractivity contribution < 1.29 is 14.4 Å². The third kappa shape index (κ3) is 3.97. The standard InChI is InChI=1S/C17H13Br2N3O3/c18-11-4-6-13(7-5-11)22-15(23)9-14(17(22)25)20-21-16(24)10-2-1-3-12(19)8-10/h1-8,14,20H,9H2,(H,21,24)/t14-/m0/s1. The Kier molecular flexibility index (Phi) is 5.31. The van der Waals surface area contributed by atoms with Crippen LogP contribution in [-0.2, 0) is 9.59 Å². The highest BCUT2D eigenvalue weighted by atomic mass is 79.9. The van der Waals surface area contributed by atoms with E-state index < -0.39 is 11.9 Å². The summed E-state index contributed by atoms with van der Waals surface area (Å²) in [7, 11) is 0. The summed E-state index contributed by atoms with van der Waals surface area (Å²) in [6, 6.07) is 12.9. The third-order valence-corrected chi connectivity index (χ3v) is 4.70. The molecule has 0 bridgehead atoms. The van der Waals surface area contributed by atoms with Crippen molar-refractivity contribution in [3.63, 3.8) is 0 Å². The first-order valence-electron chi connectivity index (χ1n) is 7.39. The second kappa shape index (κ2) is 7.47. The van der Waals surface area contributed by atoms with Crippen molar-refractivity contribution in [2.24, 2.45) is 0 Å². The Morgan fingerprint density at radius 1 is 1.04 bits per heavy atom. The molecule has 25 heavy (non-hydrogen) atoms. The van der Waals surface area contributed by atoms with Crippen molar-refractivity contribution in [1.82, 2.24) is 10.9 Å². The van der Waals surface area contributed by atoms with Crippen LogP contribution in [0.5, 0.6) is 0 Å². The highest BCUT2D eigenvalue weighted by molar-refractivity contribution is 9.10. The molecule has 0 saturated carbocycles. The molecule has 0 spiro atoms. The number of amides is 3. The molecule has 1 fully saturated rings. The molecule has 3 rings (SSSR count). The number of hydrogen-bond donors (Lipinski definition) is 2. The predicted octanol–water partition coefficient (Wildman–Crippen LogP) is 2.78. The lowest BCUT2D eigenvalue weighted by Crippen LogP contribution is -2.48. The topological polar surface area (TPSA) is 78.5 Å². The van der Waals surface area contributed by atoms with E-state index in [1.54, 1.807) is 48.5 Å². The molecule has 0 radical (unpaired) electrons. The monoisotopic (exact) mass is 465 g/mol. The predicted molar refractivity (Wildman–Crippen MR) is 99.8 cm³/mol. The lowest BCUT2D eigenvalue weighted by atomic mass is 10.2. The van der Waals surface area contributed by atoms with E-state index in [-0.39, 0.29) is 18.2 Å². The average molecular weight is 467 g/mol. The smallest absolute Gasteiger partial charge is 0.265 e. The summed E-state index contributed by atoms with van der Waals surface area (Å²) in [5.74, 6) is -1.10. The number of carbonyl (C=O) groups is 3. The van der Waals surface area contributed by atoms with Crippen LogP contribution in [0.2, 0.25) is 0 Å². The fourth-order valence-corrected chi connectivity index (χ4v) is 3.12. The second-order valence-electron chi connectivity index (χ2n) is 5.41. The van der Waals surface area contributed by atoms with E-state index in [9.17, 15) is 14.4 Å². The second-order valence-corrected chi connectivity index (χ2v) is 7.24. The molecule has 1 saturated heterocycles. The average Bonchev–Trinajstić information content (AvgIpc) is 2.87. The van der Waals surface area contributed by atoms with Crippen LogP contribution in [-0.4, -0.2) is 23.8 Å². The molecule has 0 aromatic heterocycles. The van der Waals surface area contributed by atoms with Gasteiger partial charge < -0.3 is 0 Å².